The van der Waals surface area contributed by atoms with Crippen LogP contribution in [-0.4, -0.2) is 30.4 Å². The molecule has 1 saturated heterocycles. The molecule has 2 heterocycles. The van der Waals surface area contributed by atoms with Gasteiger partial charge in [0.1, 0.15) is 5.84 Å². The Morgan fingerprint density at radius 3 is 1.27 bits per heavy atom. The van der Waals surface area contributed by atoms with Crippen LogP contribution >= 0.6 is 11.3 Å². The minimum Gasteiger partial charge on any atom is -0.387 e. The maximum atomic E-state index is 7.72. The number of nitriles is 1. The van der Waals surface area contributed by atoms with Crippen molar-refractivity contribution in [1.82, 2.24) is 4.90 Å². The molecule has 190 valence electrons. The number of amidine groups is 1. The second-order valence-electron chi connectivity index (χ2n) is 9.09. The lowest BCUT2D eigenvalue weighted by Gasteiger charge is -2.20. The van der Waals surface area contributed by atoms with Gasteiger partial charge in [-0.2, -0.15) is 21.6 Å². The first-order chi connectivity index (χ1) is 16.2. The van der Waals surface area contributed by atoms with Crippen LogP contribution in [0.25, 0.3) is 0 Å². The van der Waals surface area contributed by atoms with Crippen molar-refractivity contribution in [2.45, 2.75) is 123 Å². The summed E-state index contributed by atoms with van der Waals surface area (Å²) >= 11 is 1.71. The van der Waals surface area contributed by atoms with Crippen molar-refractivity contribution < 1.29 is 0 Å². The van der Waals surface area contributed by atoms with Gasteiger partial charge in [-0.3, -0.25) is 0 Å². The summed E-state index contributed by atoms with van der Waals surface area (Å²) < 4.78 is 0. The number of hydrogen-bond acceptors (Lipinski definition) is 4. The van der Waals surface area contributed by atoms with Gasteiger partial charge in [-0.25, -0.2) is 0 Å². The molecule has 1 aliphatic heterocycles. The third-order valence-electron chi connectivity index (χ3n) is 6.05. The molecule has 4 nitrogen and oxygen atoms in total. The second kappa shape index (κ2) is 26.9. The van der Waals surface area contributed by atoms with Gasteiger partial charge in [-0.05, 0) is 50.2 Å². The molecule has 0 radical (unpaired) electrons. The van der Waals surface area contributed by atoms with Crippen molar-refractivity contribution in [3.05, 3.63) is 22.9 Å². The topological polar surface area (TPSA) is 65.4 Å². The van der Waals surface area contributed by atoms with Gasteiger partial charge < -0.3 is 10.6 Å². The number of thiophene rings is 1. The van der Waals surface area contributed by atoms with Crippen LogP contribution in [0.4, 0.5) is 0 Å². The first kappa shape index (κ1) is 31.6. The Balaban J connectivity index is 0.000000756. The van der Waals surface area contributed by atoms with Crippen molar-refractivity contribution >= 4 is 17.2 Å². The lowest BCUT2D eigenvalue weighted by molar-refractivity contribution is 0.273. The van der Waals surface area contributed by atoms with Gasteiger partial charge >= 0.3 is 0 Å². The number of nitrogens with two attached hydrogens (primary N) is 1. The quantitative estimate of drug-likeness (QED) is 0.251. The average Bonchev–Trinajstić information content (AvgIpc) is 3.39. The fraction of sp³-hybridized carbons (Fsp3) is 0.786. The number of nitrogens with zero attached hydrogens (tertiary/aromatic N) is 3. The molecule has 2 rings (SSSR count). The zero-order valence-electron chi connectivity index (χ0n) is 21.8. The number of hydrogen-bond donors (Lipinski definition) is 1. The first-order valence-corrected chi connectivity index (χ1v) is 14.5. The maximum Gasteiger partial charge on any atom is 0.207 e. The van der Waals surface area contributed by atoms with Gasteiger partial charge in [0.2, 0.25) is 6.19 Å². The zero-order valence-corrected chi connectivity index (χ0v) is 22.6. The monoisotopic (exact) mass is 476 g/mol. The average molecular weight is 477 g/mol. The Kier molecular flexibility index (Phi) is 25.7. The van der Waals surface area contributed by atoms with E-state index in [1.165, 1.54) is 135 Å². The van der Waals surface area contributed by atoms with Crippen LogP contribution in [0.3, 0.4) is 0 Å². The molecular weight excluding hydrogens is 424 g/mol. The molecule has 33 heavy (non-hydrogen) atoms. The molecule has 0 unspecified atom stereocenters. The van der Waals surface area contributed by atoms with Crippen LogP contribution in [-0.2, 0) is 0 Å². The summed E-state index contributed by atoms with van der Waals surface area (Å²) in [5.41, 5.74) is 4.93. The van der Waals surface area contributed by atoms with Crippen LogP contribution in [0.1, 0.15) is 123 Å². The van der Waals surface area contributed by atoms with E-state index in [1.807, 2.05) is 22.9 Å². The Labute approximate surface area is 209 Å². The summed E-state index contributed by atoms with van der Waals surface area (Å²) in [7, 11) is 0. The van der Waals surface area contributed by atoms with Crippen molar-refractivity contribution in [2.24, 2.45) is 10.7 Å². The van der Waals surface area contributed by atoms with E-state index in [4.69, 9.17) is 11.0 Å². The summed E-state index contributed by atoms with van der Waals surface area (Å²) in [6, 6.07) is 4.04. The molecule has 1 aromatic heterocycles. The maximum absolute atomic E-state index is 7.72. The third kappa shape index (κ3) is 26.8. The van der Waals surface area contributed by atoms with Crippen molar-refractivity contribution in [2.75, 3.05) is 19.6 Å². The molecule has 0 saturated carbocycles. The Hall–Kier alpha value is -1.38. The van der Waals surface area contributed by atoms with E-state index >= 15 is 0 Å². The molecule has 1 aromatic rings. The third-order valence-corrected chi connectivity index (χ3v) is 6.68. The lowest BCUT2D eigenvalue weighted by atomic mass is 10.0. The lowest BCUT2D eigenvalue weighted by Crippen LogP contribution is -2.25. The van der Waals surface area contributed by atoms with Crippen LogP contribution < -0.4 is 5.73 Å². The van der Waals surface area contributed by atoms with Crippen LogP contribution in [0.15, 0.2) is 27.9 Å². The van der Waals surface area contributed by atoms with E-state index in [0.717, 1.165) is 0 Å². The SMILES string of the molecule is CC(N)=NC#N.CCN1CCCCCCCCCCCCCCCCCCC1.c1ccsc1. The van der Waals surface area contributed by atoms with E-state index < -0.39 is 0 Å². The molecule has 0 atom stereocenters. The number of rotatable bonds is 1. The van der Waals surface area contributed by atoms with Crippen molar-refractivity contribution in [1.29, 1.82) is 5.26 Å². The van der Waals surface area contributed by atoms with Crippen LogP contribution in [0, 0.1) is 11.5 Å². The Bertz CT molecular complexity index is 510. The minimum absolute atomic E-state index is 0.303. The Morgan fingerprint density at radius 2 is 1.09 bits per heavy atom. The van der Waals surface area contributed by atoms with Gasteiger partial charge in [0.25, 0.3) is 0 Å². The van der Waals surface area contributed by atoms with Gasteiger partial charge in [-0.15, -0.1) is 0 Å². The normalized spacial score (nSPS) is 19.0. The van der Waals surface area contributed by atoms with Crippen molar-refractivity contribution in [3.8, 4) is 6.19 Å². The van der Waals surface area contributed by atoms with Crippen molar-refractivity contribution in [3.63, 3.8) is 0 Å². The zero-order chi connectivity index (χ0) is 24.2. The van der Waals surface area contributed by atoms with Crippen LogP contribution in [0.5, 0.6) is 0 Å². The standard InChI is InChI=1S/C21H43N.C4H4S.C3H5N3/c1-2-22-20-18-16-14-12-10-8-6-4-3-5-7-9-11-13-15-17-19-21-22;1-2-4-5-3-1;1-3(5)6-2-4/h2-21H2,1H3;1-4H;1H3,(H2,5,6). The molecule has 0 aliphatic carbocycles. The van der Waals surface area contributed by atoms with Crippen LogP contribution in [0.2, 0.25) is 0 Å². The van der Waals surface area contributed by atoms with E-state index in [-0.39, 0.29) is 0 Å². The van der Waals surface area contributed by atoms with E-state index in [1.54, 1.807) is 18.3 Å². The fourth-order valence-electron chi connectivity index (χ4n) is 4.06. The van der Waals surface area contributed by atoms with Gasteiger partial charge in [0, 0.05) is 0 Å². The Morgan fingerprint density at radius 1 is 0.758 bits per heavy atom. The first-order valence-electron chi connectivity index (χ1n) is 13.6. The second-order valence-corrected chi connectivity index (χ2v) is 9.91. The molecule has 2 N–H and O–H groups in total. The predicted octanol–water partition coefficient (Wildman–Crippen LogP) is 8.55. The molecule has 0 spiro atoms. The number of aliphatic imine (C=N–C) groups is 1. The highest BCUT2D eigenvalue weighted by Crippen LogP contribution is 2.14. The summed E-state index contributed by atoms with van der Waals surface area (Å²) in [4.78, 5) is 5.80. The van der Waals surface area contributed by atoms with E-state index in [9.17, 15) is 0 Å². The molecule has 1 fully saturated rings. The summed E-state index contributed by atoms with van der Waals surface area (Å²) in [6.07, 6.45) is 26.6. The predicted molar refractivity (Wildman–Crippen MR) is 148 cm³/mol. The smallest absolute Gasteiger partial charge is 0.207 e. The molecule has 1 aliphatic rings. The summed E-state index contributed by atoms with van der Waals surface area (Å²) in [5, 5.41) is 11.8. The van der Waals surface area contributed by atoms with E-state index in [0.29, 0.717) is 5.84 Å². The van der Waals surface area contributed by atoms with E-state index in [2.05, 4.69) is 16.8 Å². The van der Waals surface area contributed by atoms with Gasteiger partial charge in [0.15, 0.2) is 0 Å². The molecule has 0 aromatic carbocycles. The molecule has 0 amide bonds. The minimum atomic E-state index is 0.303. The van der Waals surface area contributed by atoms with Gasteiger partial charge in [0.05, 0.1) is 0 Å². The summed E-state index contributed by atoms with van der Waals surface area (Å²) in [5.74, 6) is 0.303. The highest BCUT2D eigenvalue weighted by Gasteiger charge is 2.02. The largest absolute Gasteiger partial charge is 0.387 e. The van der Waals surface area contributed by atoms with Gasteiger partial charge in [-0.1, -0.05) is 115 Å². The highest BCUT2D eigenvalue weighted by atomic mass is 32.1. The molecule has 5 heteroatoms. The summed E-state index contributed by atoms with van der Waals surface area (Å²) in [6.45, 7) is 7.83. The fourth-order valence-corrected chi connectivity index (χ4v) is 4.51. The molecular formula is C28H52N4S. The molecule has 0 bridgehead atoms. The highest BCUT2D eigenvalue weighted by molar-refractivity contribution is 7.07.